The molecule has 3 aliphatic rings. The summed E-state index contributed by atoms with van der Waals surface area (Å²) in [6.07, 6.45) is 7.00. The lowest BCUT2D eigenvalue weighted by Crippen LogP contribution is -2.60. The molecule has 3 fully saturated rings. The Hall–Kier alpha value is -3.32. The van der Waals surface area contributed by atoms with Crippen LogP contribution in [0.2, 0.25) is 0 Å². The number of thiophene rings is 1. The number of carboxylic acid groups (broad SMARTS) is 1. The number of rotatable bonds is 7. The van der Waals surface area contributed by atoms with Gasteiger partial charge in [-0.05, 0) is 48.9 Å². The number of aromatic carboxylic acids is 1. The molecule has 3 aromatic rings. The van der Waals surface area contributed by atoms with Gasteiger partial charge in [-0.25, -0.2) is 18.2 Å². The molecule has 1 aromatic carbocycles. The minimum atomic E-state index is -4.02. The van der Waals surface area contributed by atoms with Gasteiger partial charge in [0, 0.05) is 36.8 Å². The number of aromatic nitrogens is 1. The summed E-state index contributed by atoms with van der Waals surface area (Å²) in [7, 11) is -4.02. The molecule has 10 nitrogen and oxygen atoms in total. The third-order valence-corrected chi connectivity index (χ3v) is 11.6. The average molecular weight is 610 g/mol. The monoisotopic (exact) mass is 609 g/mol. The van der Waals surface area contributed by atoms with Crippen molar-refractivity contribution in [3.8, 4) is 10.4 Å². The fraction of sp³-hybridized carbons (Fsp3) is 0.433. The Kier molecular flexibility index (Phi) is 8.05. The Labute approximate surface area is 249 Å². The van der Waals surface area contributed by atoms with Crippen LogP contribution in [0.1, 0.15) is 48.2 Å². The Balaban J connectivity index is 1.33. The maximum Gasteiger partial charge on any atom is 0.348 e. The first-order valence-electron chi connectivity index (χ1n) is 14.4. The summed E-state index contributed by atoms with van der Waals surface area (Å²) >= 11 is 1.13. The number of sulfonamides is 1. The summed E-state index contributed by atoms with van der Waals surface area (Å²) in [5, 5.41) is 10.1. The van der Waals surface area contributed by atoms with Crippen molar-refractivity contribution in [3.05, 3.63) is 59.6 Å². The average Bonchev–Trinajstić information content (AvgIpc) is 3.65. The van der Waals surface area contributed by atoms with Crippen LogP contribution in [0.5, 0.6) is 0 Å². The number of hydrogen-bond donors (Lipinski definition) is 2. The van der Waals surface area contributed by atoms with Crippen molar-refractivity contribution in [1.29, 1.82) is 0 Å². The van der Waals surface area contributed by atoms with Crippen LogP contribution in [-0.4, -0.2) is 73.0 Å². The molecular weight excluding hydrogens is 574 g/mol. The molecular formula is C30H35N5O5S2. The number of anilines is 2. The van der Waals surface area contributed by atoms with Crippen molar-refractivity contribution in [2.45, 2.75) is 55.5 Å². The molecule has 0 bridgehead atoms. The summed E-state index contributed by atoms with van der Waals surface area (Å²) in [6.45, 7) is 1.17. The highest BCUT2D eigenvalue weighted by Gasteiger charge is 2.44. The highest BCUT2D eigenvalue weighted by molar-refractivity contribution is 7.89. The van der Waals surface area contributed by atoms with Crippen molar-refractivity contribution < 1.29 is 23.1 Å². The van der Waals surface area contributed by atoms with Crippen LogP contribution in [0, 0.1) is 5.92 Å². The van der Waals surface area contributed by atoms with Gasteiger partial charge in [0.1, 0.15) is 15.6 Å². The summed E-state index contributed by atoms with van der Waals surface area (Å²) in [6, 6.07) is 14.1. The van der Waals surface area contributed by atoms with E-state index in [1.165, 1.54) is 10.5 Å². The quantitative estimate of drug-likeness (QED) is 0.410. The first kappa shape index (κ1) is 28.8. The standard InChI is InChI=1S/C30H35N5O5S2/c31-22-13-14-33(17-22)27-12-11-23(16-32-27)42(39,40)34-18-25(20-7-3-1-4-8-20)35(28(36)19-34)24-15-26(41-29(24)30(37)38)21-9-5-2-6-10-21/h2,5-6,9-12,15-16,20,22,25H,1,3-4,7-8,13-14,17-19,31H2,(H,37,38)/t22-,25-/m0/s1. The minimum absolute atomic E-state index is 0.0338. The topological polar surface area (TPSA) is 137 Å². The van der Waals surface area contributed by atoms with E-state index < -0.39 is 27.9 Å². The normalized spacial score (nSPS) is 22.5. The van der Waals surface area contributed by atoms with Crippen molar-refractivity contribution in [1.82, 2.24) is 9.29 Å². The minimum Gasteiger partial charge on any atom is -0.477 e. The van der Waals surface area contributed by atoms with Gasteiger partial charge in [0.15, 0.2) is 0 Å². The molecule has 3 N–H and O–H groups in total. The third kappa shape index (κ3) is 5.56. The van der Waals surface area contributed by atoms with Gasteiger partial charge in [0.05, 0.1) is 18.3 Å². The van der Waals surface area contributed by atoms with Gasteiger partial charge in [-0.3, -0.25) is 4.79 Å². The molecule has 4 heterocycles. The zero-order valence-corrected chi connectivity index (χ0v) is 24.9. The SMILES string of the molecule is N[C@H]1CCN(c2ccc(S(=O)(=O)N3CC(=O)N(c4cc(-c5ccccc5)sc4C(=O)O)[C@H](C4CCCCC4)C3)cn2)C1. The zero-order chi connectivity index (χ0) is 29.4. The molecule has 1 saturated carbocycles. The van der Waals surface area contributed by atoms with Crippen LogP contribution < -0.4 is 15.5 Å². The second-order valence-corrected chi connectivity index (χ2v) is 14.4. The van der Waals surface area contributed by atoms with E-state index in [1.54, 1.807) is 23.1 Å². The summed E-state index contributed by atoms with van der Waals surface area (Å²) in [4.78, 5) is 35.2. The predicted octanol–water partition coefficient (Wildman–Crippen LogP) is 4.03. The number of nitrogens with two attached hydrogens (primary N) is 1. The Morgan fingerprint density at radius 3 is 2.43 bits per heavy atom. The van der Waals surface area contributed by atoms with Gasteiger partial charge in [0.25, 0.3) is 0 Å². The molecule has 0 radical (unpaired) electrons. The lowest BCUT2D eigenvalue weighted by atomic mass is 9.82. The number of carbonyl (C=O) groups is 2. The molecule has 2 aliphatic heterocycles. The largest absolute Gasteiger partial charge is 0.477 e. The summed E-state index contributed by atoms with van der Waals surface area (Å²) < 4.78 is 28.9. The second-order valence-electron chi connectivity index (χ2n) is 11.4. The van der Waals surface area contributed by atoms with E-state index in [0.29, 0.717) is 18.1 Å². The lowest BCUT2D eigenvalue weighted by Gasteiger charge is -2.44. The molecule has 2 atom stereocenters. The molecule has 6 rings (SSSR count). The van der Waals surface area contributed by atoms with Gasteiger partial charge >= 0.3 is 5.97 Å². The van der Waals surface area contributed by atoms with E-state index in [2.05, 4.69) is 4.98 Å². The number of hydrogen-bond acceptors (Lipinski definition) is 8. The Bertz CT molecular complexity index is 1550. The van der Waals surface area contributed by atoms with Crippen LogP contribution >= 0.6 is 11.3 Å². The number of nitrogens with zero attached hydrogens (tertiary/aromatic N) is 4. The first-order valence-corrected chi connectivity index (χ1v) is 16.7. The number of carbonyl (C=O) groups excluding carboxylic acids is 1. The Morgan fingerprint density at radius 2 is 1.79 bits per heavy atom. The van der Waals surface area contributed by atoms with E-state index in [-0.39, 0.29) is 34.8 Å². The van der Waals surface area contributed by atoms with Gasteiger partial charge in [0.2, 0.25) is 15.9 Å². The number of carboxylic acids is 1. The lowest BCUT2D eigenvalue weighted by molar-refractivity contribution is -0.121. The van der Waals surface area contributed by atoms with Crippen molar-refractivity contribution >= 4 is 44.7 Å². The van der Waals surface area contributed by atoms with E-state index in [4.69, 9.17) is 5.73 Å². The fourth-order valence-electron chi connectivity index (χ4n) is 6.46. The van der Waals surface area contributed by atoms with Crippen LogP contribution in [0.25, 0.3) is 10.4 Å². The smallest absolute Gasteiger partial charge is 0.348 e. The molecule has 1 amide bonds. The summed E-state index contributed by atoms with van der Waals surface area (Å²) in [5.74, 6) is -0.790. The van der Waals surface area contributed by atoms with E-state index in [0.717, 1.165) is 66.8 Å². The molecule has 42 heavy (non-hydrogen) atoms. The van der Waals surface area contributed by atoms with Gasteiger partial charge in [-0.2, -0.15) is 4.31 Å². The van der Waals surface area contributed by atoms with Gasteiger partial charge in [-0.1, -0.05) is 49.6 Å². The number of piperazine rings is 1. The van der Waals surface area contributed by atoms with Crippen LogP contribution in [-0.2, 0) is 14.8 Å². The molecule has 0 unspecified atom stereocenters. The van der Waals surface area contributed by atoms with E-state index >= 15 is 0 Å². The molecule has 222 valence electrons. The highest BCUT2D eigenvalue weighted by atomic mass is 32.2. The molecule has 2 saturated heterocycles. The van der Waals surface area contributed by atoms with Crippen LogP contribution in [0.15, 0.2) is 59.6 Å². The zero-order valence-electron chi connectivity index (χ0n) is 23.3. The predicted molar refractivity (Wildman–Crippen MR) is 162 cm³/mol. The maximum atomic E-state index is 13.9. The molecule has 2 aromatic heterocycles. The highest BCUT2D eigenvalue weighted by Crippen LogP contribution is 2.42. The van der Waals surface area contributed by atoms with Gasteiger partial charge in [-0.15, -0.1) is 11.3 Å². The van der Waals surface area contributed by atoms with Crippen molar-refractivity contribution in [3.63, 3.8) is 0 Å². The Morgan fingerprint density at radius 1 is 1.02 bits per heavy atom. The number of pyridine rings is 1. The third-order valence-electron chi connectivity index (χ3n) is 8.63. The molecule has 0 spiro atoms. The number of amides is 1. The second kappa shape index (κ2) is 11.8. The first-order chi connectivity index (χ1) is 20.2. The van der Waals surface area contributed by atoms with E-state index in [9.17, 15) is 23.1 Å². The maximum absolute atomic E-state index is 13.9. The summed E-state index contributed by atoms with van der Waals surface area (Å²) in [5.41, 5.74) is 7.23. The van der Waals surface area contributed by atoms with Crippen LogP contribution in [0.3, 0.4) is 0 Å². The fourth-order valence-corrected chi connectivity index (χ4v) is 8.80. The van der Waals surface area contributed by atoms with E-state index in [1.807, 2.05) is 35.2 Å². The van der Waals surface area contributed by atoms with Crippen molar-refractivity contribution in [2.75, 3.05) is 36.0 Å². The van der Waals surface area contributed by atoms with Crippen molar-refractivity contribution in [2.24, 2.45) is 11.7 Å². The molecule has 1 aliphatic carbocycles. The van der Waals surface area contributed by atoms with Crippen LogP contribution in [0.4, 0.5) is 11.5 Å². The van der Waals surface area contributed by atoms with Gasteiger partial charge < -0.3 is 20.6 Å². The molecule has 12 heteroatoms. The number of benzene rings is 1.